The lowest BCUT2D eigenvalue weighted by molar-refractivity contribution is 0.134. The molecule has 3 aromatic carbocycles. The summed E-state index contributed by atoms with van der Waals surface area (Å²) in [6.45, 7) is 11.3. The van der Waals surface area contributed by atoms with Crippen LogP contribution in [-0.4, -0.2) is 24.6 Å². The molecule has 0 aliphatic heterocycles. The highest BCUT2D eigenvalue weighted by Crippen LogP contribution is 2.37. The van der Waals surface area contributed by atoms with Crippen LogP contribution in [0.25, 0.3) is 11.5 Å². The summed E-state index contributed by atoms with van der Waals surface area (Å²) in [5.41, 5.74) is 2.70. The van der Waals surface area contributed by atoms with Crippen LogP contribution in [0.15, 0.2) is 89.3 Å². The maximum atomic E-state index is 12.7. The van der Waals surface area contributed by atoms with Gasteiger partial charge in [0.2, 0.25) is 20.1 Å². The largest absolute Gasteiger partial charge is 0.544 e. The monoisotopic (exact) mass is 529 g/mol. The third kappa shape index (κ3) is 7.10. The molecule has 0 fully saturated rings. The fourth-order valence-corrected chi connectivity index (χ4v) is 4.59. The Hall–Kier alpha value is -3.91. The zero-order chi connectivity index (χ0) is 27.2. The van der Waals surface area contributed by atoms with Crippen molar-refractivity contribution in [3.8, 4) is 17.2 Å². The molecule has 1 atom stereocenters. The molecule has 0 radical (unpaired) electrons. The third-order valence-electron chi connectivity index (χ3n) is 6.81. The molecule has 198 valence electrons. The number of ether oxygens (including phenoxy) is 1. The first-order valence-electron chi connectivity index (χ1n) is 12.7. The van der Waals surface area contributed by atoms with Crippen molar-refractivity contribution in [3.05, 3.63) is 102 Å². The molecule has 1 N–H and O–H groups in total. The van der Waals surface area contributed by atoms with Gasteiger partial charge in [-0.2, -0.15) is 0 Å². The maximum Gasteiger partial charge on any atom is 0.408 e. The van der Waals surface area contributed by atoms with Gasteiger partial charge in [-0.25, -0.2) is 4.79 Å². The van der Waals surface area contributed by atoms with E-state index in [2.05, 4.69) is 49.4 Å². The Morgan fingerprint density at radius 3 is 2.16 bits per heavy atom. The Morgan fingerprint density at radius 1 is 0.895 bits per heavy atom. The second-order valence-corrected chi connectivity index (χ2v) is 15.5. The van der Waals surface area contributed by atoms with Crippen molar-refractivity contribution in [2.75, 3.05) is 0 Å². The number of benzene rings is 3. The number of nitrogens with zero attached hydrogens (tertiary/aromatic N) is 2. The van der Waals surface area contributed by atoms with E-state index in [4.69, 9.17) is 13.6 Å². The minimum Gasteiger partial charge on any atom is -0.544 e. The van der Waals surface area contributed by atoms with E-state index in [-0.39, 0.29) is 11.6 Å². The van der Waals surface area contributed by atoms with Crippen molar-refractivity contribution in [2.24, 2.45) is 0 Å². The molecule has 0 spiro atoms. The number of aromatic nitrogens is 2. The van der Waals surface area contributed by atoms with Crippen molar-refractivity contribution in [2.45, 2.75) is 58.0 Å². The molecule has 0 saturated heterocycles. The average Bonchev–Trinajstić information content (AvgIpc) is 3.39. The second-order valence-electron chi connectivity index (χ2n) is 10.8. The predicted octanol–water partition coefficient (Wildman–Crippen LogP) is 7.33. The molecule has 0 aliphatic rings. The zero-order valence-electron chi connectivity index (χ0n) is 22.6. The highest BCUT2D eigenvalue weighted by molar-refractivity contribution is 6.74. The lowest BCUT2D eigenvalue weighted by atomic mass is 10.1. The summed E-state index contributed by atoms with van der Waals surface area (Å²) in [4.78, 5) is 12.7. The van der Waals surface area contributed by atoms with Gasteiger partial charge in [-0.05, 0) is 53.5 Å². The summed E-state index contributed by atoms with van der Waals surface area (Å²) in [5.74, 6) is 1.54. The molecule has 1 aromatic heterocycles. The average molecular weight is 530 g/mol. The first kappa shape index (κ1) is 27.1. The van der Waals surface area contributed by atoms with E-state index in [0.717, 1.165) is 22.4 Å². The Balaban J connectivity index is 1.50. The normalized spacial score (nSPS) is 12.6. The zero-order valence-corrected chi connectivity index (χ0v) is 23.6. The smallest absolute Gasteiger partial charge is 0.408 e. The molecule has 1 heterocycles. The maximum absolute atomic E-state index is 12.7. The van der Waals surface area contributed by atoms with E-state index < -0.39 is 20.5 Å². The van der Waals surface area contributed by atoms with Gasteiger partial charge < -0.3 is 18.9 Å². The fourth-order valence-electron chi connectivity index (χ4n) is 3.56. The Bertz CT molecular complexity index is 1320. The van der Waals surface area contributed by atoms with Gasteiger partial charge >= 0.3 is 6.09 Å². The van der Waals surface area contributed by atoms with Gasteiger partial charge in [0, 0.05) is 12.0 Å². The summed E-state index contributed by atoms with van der Waals surface area (Å²) < 4.78 is 17.9. The number of amides is 1. The van der Waals surface area contributed by atoms with Crippen LogP contribution < -0.4 is 9.74 Å². The Labute approximate surface area is 225 Å². The van der Waals surface area contributed by atoms with Gasteiger partial charge in [-0.15, -0.1) is 10.2 Å². The van der Waals surface area contributed by atoms with E-state index in [9.17, 15) is 4.79 Å². The highest BCUT2D eigenvalue weighted by Gasteiger charge is 2.39. The van der Waals surface area contributed by atoms with Gasteiger partial charge in [-0.3, -0.25) is 0 Å². The number of nitrogens with one attached hydrogen (secondary N) is 1. The highest BCUT2D eigenvalue weighted by atomic mass is 28.4. The van der Waals surface area contributed by atoms with Gasteiger partial charge in [-0.1, -0.05) is 81.4 Å². The lowest BCUT2D eigenvalue weighted by Crippen LogP contribution is -2.43. The fraction of sp³-hybridized carbons (Fsp3) is 0.300. The molecule has 38 heavy (non-hydrogen) atoms. The second kappa shape index (κ2) is 11.6. The molecule has 0 bridgehead atoms. The van der Waals surface area contributed by atoms with Crippen molar-refractivity contribution in [1.82, 2.24) is 15.5 Å². The van der Waals surface area contributed by atoms with Crippen molar-refractivity contribution < 1.29 is 18.4 Å². The van der Waals surface area contributed by atoms with Gasteiger partial charge in [0.15, 0.2) is 0 Å². The summed E-state index contributed by atoms with van der Waals surface area (Å²) in [6, 6.07) is 26.4. The molecule has 4 rings (SSSR count). The first-order valence-corrected chi connectivity index (χ1v) is 15.7. The summed E-state index contributed by atoms with van der Waals surface area (Å²) in [5, 5.41) is 11.5. The van der Waals surface area contributed by atoms with Crippen LogP contribution in [0.1, 0.15) is 43.8 Å². The van der Waals surface area contributed by atoms with Crippen LogP contribution in [0, 0.1) is 0 Å². The summed E-state index contributed by atoms with van der Waals surface area (Å²) in [7, 11) is -1.94. The van der Waals surface area contributed by atoms with Crippen LogP contribution in [0.3, 0.4) is 0 Å². The van der Waals surface area contributed by atoms with Crippen LogP contribution >= 0.6 is 0 Å². The predicted molar refractivity (Wildman–Crippen MR) is 150 cm³/mol. The van der Waals surface area contributed by atoms with Gasteiger partial charge in [0.1, 0.15) is 18.4 Å². The Morgan fingerprint density at radius 2 is 1.53 bits per heavy atom. The quantitative estimate of drug-likeness (QED) is 0.228. The van der Waals surface area contributed by atoms with Crippen LogP contribution in [0.5, 0.6) is 5.75 Å². The van der Waals surface area contributed by atoms with Gasteiger partial charge in [0.25, 0.3) is 0 Å². The number of carbonyl (C=O) groups is 1. The molecule has 0 aliphatic carbocycles. The van der Waals surface area contributed by atoms with E-state index in [1.807, 2.05) is 84.9 Å². The minimum atomic E-state index is -1.94. The first-order chi connectivity index (χ1) is 18.1. The topological polar surface area (TPSA) is 86.5 Å². The summed E-state index contributed by atoms with van der Waals surface area (Å²) in [6.07, 6.45) is -0.117. The van der Waals surface area contributed by atoms with Crippen LogP contribution in [0.4, 0.5) is 4.79 Å². The van der Waals surface area contributed by atoms with E-state index in [1.165, 1.54) is 0 Å². The number of hydrogen-bond acceptors (Lipinski definition) is 6. The number of carbonyl (C=O) groups excluding carboxylic acids is 1. The van der Waals surface area contributed by atoms with Crippen LogP contribution in [0.2, 0.25) is 18.1 Å². The van der Waals surface area contributed by atoms with Gasteiger partial charge in [0.05, 0.1) is 0 Å². The number of hydrogen-bond donors (Lipinski definition) is 1. The molecule has 7 nitrogen and oxygen atoms in total. The van der Waals surface area contributed by atoms with E-state index in [1.54, 1.807) is 0 Å². The third-order valence-corrected chi connectivity index (χ3v) is 11.2. The van der Waals surface area contributed by atoms with Crippen molar-refractivity contribution in [3.63, 3.8) is 0 Å². The lowest BCUT2D eigenvalue weighted by Gasteiger charge is -2.36. The number of alkyl carbamates (subject to hydrolysis) is 1. The molecule has 1 amide bonds. The standard InChI is InChI=1S/C30H35N3O4Si/c1-30(2,3)38(4,5)37-25-18-16-22(17-19-25)20-26(31-29(34)35-21-23-12-8-6-9-13-23)28-33-32-27(36-28)24-14-10-7-11-15-24/h6-19,26H,20-21H2,1-5H3,(H,31,34)/t26-/m0/s1. The molecule has 0 unspecified atom stereocenters. The minimum absolute atomic E-state index is 0.106. The Kier molecular flexibility index (Phi) is 8.31. The number of rotatable bonds is 9. The molecular formula is C30H35N3O4Si. The van der Waals surface area contributed by atoms with Crippen LogP contribution in [-0.2, 0) is 17.8 Å². The molecule has 8 heteroatoms. The molecule has 4 aromatic rings. The summed E-state index contributed by atoms with van der Waals surface area (Å²) >= 11 is 0. The molecule has 0 saturated carbocycles. The van der Waals surface area contributed by atoms with Crippen molar-refractivity contribution in [1.29, 1.82) is 0 Å². The van der Waals surface area contributed by atoms with E-state index in [0.29, 0.717) is 18.2 Å². The molecular weight excluding hydrogens is 494 g/mol. The van der Waals surface area contributed by atoms with E-state index >= 15 is 0 Å². The van der Waals surface area contributed by atoms with Crippen molar-refractivity contribution >= 4 is 14.4 Å². The SMILES string of the molecule is CC(C)(C)[Si](C)(C)Oc1ccc(C[C@H](NC(=O)OCc2ccccc2)c2nnc(-c3ccccc3)o2)cc1.